The molecule has 32 heavy (non-hydrogen) atoms. The van der Waals surface area contributed by atoms with Crippen molar-refractivity contribution in [2.75, 3.05) is 64.3 Å². The summed E-state index contributed by atoms with van der Waals surface area (Å²) in [5.41, 5.74) is 1.46. The fourth-order valence-corrected chi connectivity index (χ4v) is 4.58. The van der Waals surface area contributed by atoms with Crippen molar-refractivity contribution in [1.29, 1.82) is 0 Å². The lowest BCUT2D eigenvalue weighted by atomic mass is 9.90. The standard InChI is InChI=1S/C24H35N7.HI/c1-25-23(30-13-8-22(9-14-30)20-21-6-3-2-4-7-21)28-12-15-29-16-18-31(19-17-29)24-26-10-5-11-27-24;/h2-7,10-11,22H,8-9,12-20H2,1H3,(H,25,28);1H. The molecule has 2 saturated heterocycles. The van der Waals surface area contributed by atoms with E-state index in [0.717, 1.165) is 70.2 Å². The molecule has 0 saturated carbocycles. The van der Waals surface area contributed by atoms with Crippen molar-refractivity contribution < 1.29 is 0 Å². The van der Waals surface area contributed by atoms with Crippen LogP contribution in [0.2, 0.25) is 0 Å². The van der Waals surface area contributed by atoms with E-state index < -0.39 is 0 Å². The Hall–Kier alpha value is -1.94. The number of nitrogens with one attached hydrogen (secondary N) is 1. The van der Waals surface area contributed by atoms with Crippen LogP contribution in [0.25, 0.3) is 0 Å². The highest BCUT2D eigenvalue weighted by Crippen LogP contribution is 2.21. The third-order valence-corrected chi connectivity index (χ3v) is 6.41. The number of hydrogen-bond acceptors (Lipinski definition) is 5. The smallest absolute Gasteiger partial charge is 0.225 e. The van der Waals surface area contributed by atoms with Crippen LogP contribution in [-0.4, -0.2) is 85.1 Å². The highest BCUT2D eigenvalue weighted by Gasteiger charge is 2.22. The molecule has 1 aromatic carbocycles. The van der Waals surface area contributed by atoms with Crippen LogP contribution in [0.15, 0.2) is 53.8 Å². The van der Waals surface area contributed by atoms with Crippen LogP contribution in [0.5, 0.6) is 0 Å². The molecule has 2 aromatic rings. The molecule has 0 radical (unpaired) electrons. The number of piperazine rings is 1. The van der Waals surface area contributed by atoms with Gasteiger partial charge < -0.3 is 15.1 Å². The van der Waals surface area contributed by atoms with E-state index in [2.05, 4.69) is 65.3 Å². The molecule has 1 aromatic heterocycles. The summed E-state index contributed by atoms with van der Waals surface area (Å²) in [5.74, 6) is 2.67. The zero-order valence-electron chi connectivity index (χ0n) is 19.1. The number of hydrogen-bond donors (Lipinski definition) is 1. The fraction of sp³-hybridized carbons (Fsp3) is 0.542. The van der Waals surface area contributed by atoms with Crippen molar-refractivity contribution in [2.24, 2.45) is 10.9 Å². The highest BCUT2D eigenvalue weighted by molar-refractivity contribution is 14.0. The second-order valence-electron chi connectivity index (χ2n) is 8.47. The molecule has 0 unspecified atom stereocenters. The van der Waals surface area contributed by atoms with Crippen LogP contribution in [0.4, 0.5) is 5.95 Å². The lowest BCUT2D eigenvalue weighted by molar-refractivity contribution is 0.248. The molecule has 0 spiro atoms. The molecule has 1 N–H and O–H groups in total. The van der Waals surface area contributed by atoms with E-state index in [9.17, 15) is 0 Å². The summed E-state index contributed by atoms with van der Waals surface area (Å²) in [7, 11) is 1.90. The van der Waals surface area contributed by atoms with Crippen LogP contribution in [0, 0.1) is 5.92 Å². The first-order valence-corrected chi connectivity index (χ1v) is 11.6. The SMILES string of the molecule is CN=C(NCCN1CCN(c2ncccn2)CC1)N1CCC(Cc2ccccc2)CC1.I. The van der Waals surface area contributed by atoms with Crippen LogP contribution < -0.4 is 10.2 Å². The topological polar surface area (TPSA) is 59.9 Å². The summed E-state index contributed by atoms with van der Waals surface area (Å²) < 4.78 is 0. The monoisotopic (exact) mass is 549 g/mol. The van der Waals surface area contributed by atoms with Gasteiger partial charge in [0, 0.05) is 71.8 Å². The average Bonchev–Trinajstić information content (AvgIpc) is 2.84. The molecular formula is C24H36IN7. The molecule has 2 aliphatic rings. The maximum absolute atomic E-state index is 4.54. The van der Waals surface area contributed by atoms with Gasteiger partial charge >= 0.3 is 0 Å². The van der Waals surface area contributed by atoms with Crippen molar-refractivity contribution >= 4 is 35.9 Å². The van der Waals surface area contributed by atoms with Crippen LogP contribution in [-0.2, 0) is 6.42 Å². The summed E-state index contributed by atoms with van der Waals surface area (Å²) in [6.45, 7) is 8.19. The van der Waals surface area contributed by atoms with Crippen molar-refractivity contribution in [3.8, 4) is 0 Å². The first-order chi connectivity index (χ1) is 15.3. The van der Waals surface area contributed by atoms with Gasteiger partial charge in [0.15, 0.2) is 5.96 Å². The average molecular weight is 550 g/mol. The maximum atomic E-state index is 4.54. The molecule has 174 valence electrons. The third-order valence-electron chi connectivity index (χ3n) is 6.41. The lowest BCUT2D eigenvalue weighted by Crippen LogP contribution is -2.51. The summed E-state index contributed by atoms with van der Waals surface area (Å²) in [6, 6.07) is 12.7. The summed E-state index contributed by atoms with van der Waals surface area (Å²) in [6.07, 6.45) is 7.29. The zero-order valence-corrected chi connectivity index (χ0v) is 21.4. The van der Waals surface area contributed by atoms with E-state index in [1.165, 1.54) is 24.8 Å². The number of likely N-dealkylation sites (tertiary alicyclic amines) is 1. The van der Waals surface area contributed by atoms with Gasteiger partial charge in [0.2, 0.25) is 5.95 Å². The fourth-order valence-electron chi connectivity index (χ4n) is 4.58. The molecule has 8 heteroatoms. The Balaban J connectivity index is 0.00000289. The Labute approximate surface area is 209 Å². The number of nitrogens with zero attached hydrogens (tertiary/aromatic N) is 6. The van der Waals surface area contributed by atoms with Gasteiger partial charge in [0.25, 0.3) is 0 Å². The maximum Gasteiger partial charge on any atom is 0.225 e. The minimum Gasteiger partial charge on any atom is -0.355 e. The molecule has 0 amide bonds. The number of halogens is 1. The molecule has 2 aliphatic heterocycles. The first-order valence-electron chi connectivity index (χ1n) is 11.6. The minimum atomic E-state index is 0. The Morgan fingerprint density at radius 3 is 2.31 bits per heavy atom. The Morgan fingerprint density at radius 2 is 1.66 bits per heavy atom. The minimum absolute atomic E-state index is 0. The Bertz CT molecular complexity index is 802. The van der Waals surface area contributed by atoms with Crippen LogP contribution >= 0.6 is 24.0 Å². The van der Waals surface area contributed by atoms with Crippen molar-refractivity contribution in [3.05, 3.63) is 54.4 Å². The van der Waals surface area contributed by atoms with Crippen molar-refractivity contribution in [3.63, 3.8) is 0 Å². The Morgan fingerprint density at radius 1 is 0.969 bits per heavy atom. The highest BCUT2D eigenvalue weighted by atomic mass is 127. The normalized spacial score (nSPS) is 18.3. The number of aliphatic imine (C=N–C) groups is 1. The molecule has 2 fully saturated rings. The lowest BCUT2D eigenvalue weighted by Gasteiger charge is -2.36. The van der Waals surface area contributed by atoms with Gasteiger partial charge in [0.05, 0.1) is 0 Å². The second-order valence-corrected chi connectivity index (χ2v) is 8.47. The van der Waals surface area contributed by atoms with Gasteiger partial charge in [0.1, 0.15) is 0 Å². The predicted molar refractivity (Wildman–Crippen MR) is 142 cm³/mol. The Kier molecular flexibility index (Phi) is 9.98. The number of anilines is 1. The summed E-state index contributed by atoms with van der Waals surface area (Å²) in [4.78, 5) is 20.5. The van der Waals surface area contributed by atoms with Gasteiger partial charge in [-0.2, -0.15) is 0 Å². The van der Waals surface area contributed by atoms with Gasteiger partial charge in [-0.05, 0) is 36.8 Å². The number of guanidine groups is 1. The molecular weight excluding hydrogens is 513 g/mol. The largest absolute Gasteiger partial charge is 0.355 e. The van der Waals surface area contributed by atoms with Gasteiger partial charge in [-0.1, -0.05) is 30.3 Å². The number of piperidine rings is 1. The number of aromatic nitrogens is 2. The summed E-state index contributed by atoms with van der Waals surface area (Å²) >= 11 is 0. The van der Waals surface area contributed by atoms with E-state index in [4.69, 9.17) is 0 Å². The molecule has 4 rings (SSSR count). The van der Waals surface area contributed by atoms with E-state index >= 15 is 0 Å². The molecule has 3 heterocycles. The predicted octanol–water partition coefficient (Wildman–Crippen LogP) is 2.75. The van der Waals surface area contributed by atoms with Gasteiger partial charge in [-0.15, -0.1) is 24.0 Å². The van der Waals surface area contributed by atoms with Crippen LogP contribution in [0.1, 0.15) is 18.4 Å². The van der Waals surface area contributed by atoms with Crippen LogP contribution in [0.3, 0.4) is 0 Å². The summed E-state index contributed by atoms with van der Waals surface area (Å²) in [5, 5.41) is 3.59. The van der Waals surface area contributed by atoms with Crippen molar-refractivity contribution in [2.45, 2.75) is 19.3 Å². The molecule has 7 nitrogen and oxygen atoms in total. The van der Waals surface area contributed by atoms with E-state index in [1.54, 1.807) is 0 Å². The molecule has 0 aliphatic carbocycles. The van der Waals surface area contributed by atoms with E-state index in [-0.39, 0.29) is 24.0 Å². The quantitative estimate of drug-likeness (QED) is 0.340. The van der Waals surface area contributed by atoms with Gasteiger partial charge in [-0.3, -0.25) is 9.89 Å². The van der Waals surface area contributed by atoms with Crippen molar-refractivity contribution in [1.82, 2.24) is 25.1 Å². The number of benzene rings is 1. The first kappa shape index (κ1) is 24.7. The molecule has 0 atom stereocenters. The third kappa shape index (κ3) is 7.03. The van der Waals surface area contributed by atoms with Gasteiger partial charge in [-0.25, -0.2) is 9.97 Å². The number of rotatable bonds is 6. The zero-order chi connectivity index (χ0) is 21.3. The van der Waals surface area contributed by atoms with E-state index in [1.807, 2.05) is 25.5 Å². The van der Waals surface area contributed by atoms with E-state index in [0.29, 0.717) is 0 Å². The second kappa shape index (κ2) is 12.9. The molecule has 0 bridgehead atoms.